The van der Waals surface area contributed by atoms with Crippen LogP contribution >= 0.6 is 0 Å². The van der Waals surface area contributed by atoms with Crippen LogP contribution in [0.2, 0.25) is 0 Å². The highest BCUT2D eigenvalue weighted by Gasteiger charge is 2.14. The highest BCUT2D eigenvalue weighted by Crippen LogP contribution is 2.25. The number of fused-ring (bicyclic) bond motifs is 1. The summed E-state index contributed by atoms with van der Waals surface area (Å²) in [4.78, 5) is 12.2. The minimum absolute atomic E-state index is 0.155. The average Bonchev–Trinajstić information content (AvgIpc) is 2.53. The van der Waals surface area contributed by atoms with Crippen molar-refractivity contribution >= 4 is 5.78 Å². The van der Waals surface area contributed by atoms with Crippen LogP contribution in [0.5, 0.6) is 5.75 Å². The molecule has 0 unspecified atom stereocenters. The van der Waals surface area contributed by atoms with E-state index in [9.17, 15) is 4.79 Å². The molecule has 0 fully saturated rings. The second-order valence-electron chi connectivity index (χ2n) is 4.84. The SMILES string of the molecule is O=C(CCc1ccccc1)c1ccc2c(c1)COCO2. The molecule has 2 aromatic rings. The number of benzene rings is 2. The number of ether oxygens (including phenoxy) is 2. The summed E-state index contributed by atoms with van der Waals surface area (Å²) < 4.78 is 10.6. The highest BCUT2D eigenvalue weighted by molar-refractivity contribution is 5.96. The number of carbonyl (C=O) groups is 1. The third-order valence-electron chi connectivity index (χ3n) is 3.42. The largest absolute Gasteiger partial charge is 0.467 e. The van der Waals surface area contributed by atoms with Crippen molar-refractivity contribution in [2.24, 2.45) is 0 Å². The number of hydrogen-bond acceptors (Lipinski definition) is 3. The van der Waals surface area contributed by atoms with E-state index in [2.05, 4.69) is 0 Å². The average molecular weight is 268 g/mol. The van der Waals surface area contributed by atoms with Crippen LogP contribution in [0.4, 0.5) is 0 Å². The highest BCUT2D eigenvalue weighted by atomic mass is 16.7. The van der Waals surface area contributed by atoms with E-state index < -0.39 is 0 Å². The van der Waals surface area contributed by atoms with Gasteiger partial charge in [-0.1, -0.05) is 30.3 Å². The van der Waals surface area contributed by atoms with E-state index in [4.69, 9.17) is 9.47 Å². The minimum atomic E-state index is 0.155. The fourth-order valence-corrected chi connectivity index (χ4v) is 2.31. The first-order chi connectivity index (χ1) is 9.83. The second kappa shape index (κ2) is 5.88. The van der Waals surface area contributed by atoms with Crippen molar-refractivity contribution in [1.29, 1.82) is 0 Å². The van der Waals surface area contributed by atoms with Gasteiger partial charge in [-0.25, -0.2) is 0 Å². The monoisotopic (exact) mass is 268 g/mol. The zero-order valence-corrected chi connectivity index (χ0v) is 11.2. The van der Waals surface area contributed by atoms with Crippen LogP contribution in [0.15, 0.2) is 48.5 Å². The lowest BCUT2D eigenvalue weighted by Gasteiger charge is -2.17. The van der Waals surface area contributed by atoms with Gasteiger partial charge >= 0.3 is 0 Å². The number of Topliss-reactive ketones (excluding diaryl/α,β-unsaturated/α-hetero) is 1. The third-order valence-corrected chi connectivity index (χ3v) is 3.42. The number of rotatable bonds is 4. The van der Waals surface area contributed by atoms with Crippen LogP contribution in [-0.4, -0.2) is 12.6 Å². The first-order valence-corrected chi connectivity index (χ1v) is 6.73. The van der Waals surface area contributed by atoms with E-state index in [0.717, 1.165) is 23.3 Å². The Morgan fingerprint density at radius 2 is 1.95 bits per heavy atom. The van der Waals surface area contributed by atoms with Gasteiger partial charge in [0, 0.05) is 17.5 Å². The number of aryl methyl sites for hydroxylation is 1. The van der Waals surface area contributed by atoms with Gasteiger partial charge in [-0.2, -0.15) is 0 Å². The van der Waals surface area contributed by atoms with Crippen molar-refractivity contribution in [3.8, 4) is 5.75 Å². The van der Waals surface area contributed by atoms with E-state index >= 15 is 0 Å². The molecular formula is C17H16O3. The molecule has 20 heavy (non-hydrogen) atoms. The Kier molecular flexibility index (Phi) is 3.79. The molecule has 2 aromatic carbocycles. The van der Waals surface area contributed by atoms with Gasteiger partial charge in [-0.15, -0.1) is 0 Å². The van der Waals surface area contributed by atoms with Gasteiger partial charge in [0.25, 0.3) is 0 Å². The molecule has 0 N–H and O–H groups in total. The number of ketones is 1. The lowest BCUT2D eigenvalue weighted by Crippen LogP contribution is -2.12. The summed E-state index contributed by atoms with van der Waals surface area (Å²) in [7, 11) is 0. The van der Waals surface area contributed by atoms with Crippen LogP contribution in [-0.2, 0) is 17.8 Å². The topological polar surface area (TPSA) is 35.5 Å². The number of hydrogen-bond donors (Lipinski definition) is 0. The van der Waals surface area contributed by atoms with Gasteiger partial charge in [0.1, 0.15) is 5.75 Å². The van der Waals surface area contributed by atoms with Gasteiger partial charge in [0.15, 0.2) is 12.6 Å². The molecule has 0 bridgehead atoms. The molecule has 0 aliphatic carbocycles. The molecule has 0 atom stereocenters. The fraction of sp³-hybridized carbons (Fsp3) is 0.235. The summed E-state index contributed by atoms with van der Waals surface area (Å²) in [6.07, 6.45) is 1.29. The van der Waals surface area contributed by atoms with Crippen LogP contribution in [0.25, 0.3) is 0 Å². The maximum Gasteiger partial charge on any atom is 0.189 e. The molecule has 102 valence electrons. The summed E-state index contributed by atoms with van der Waals surface area (Å²) >= 11 is 0. The molecule has 0 saturated carbocycles. The van der Waals surface area contributed by atoms with Crippen LogP contribution in [0.3, 0.4) is 0 Å². The first-order valence-electron chi connectivity index (χ1n) is 6.73. The molecule has 0 amide bonds. The van der Waals surface area contributed by atoms with Crippen molar-refractivity contribution in [2.75, 3.05) is 6.79 Å². The van der Waals surface area contributed by atoms with Gasteiger partial charge < -0.3 is 9.47 Å². The lowest BCUT2D eigenvalue weighted by atomic mass is 10.0. The van der Waals surface area contributed by atoms with Gasteiger partial charge in [-0.3, -0.25) is 4.79 Å². The Morgan fingerprint density at radius 1 is 1.10 bits per heavy atom. The molecule has 0 radical (unpaired) electrons. The fourth-order valence-electron chi connectivity index (χ4n) is 2.31. The molecular weight excluding hydrogens is 252 g/mol. The molecule has 3 heteroatoms. The van der Waals surface area contributed by atoms with Gasteiger partial charge in [0.2, 0.25) is 0 Å². The molecule has 0 saturated heterocycles. The van der Waals surface area contributed by atoms with Crippen molar-refractivity contribution in [2.45, 2.75) is 19.4 Å². The van der Waals surface area contributed by atoms with Crippen molar-refractivity contribution in [1.82, 2.24) is 0 Å². The third kappa shape index (κ3) is 2.89. The Morgan fingerprint density at radius 3 is 2.80 bits per heavy atom. The van der Waals surface area contributed by atoms with Crippen LogP contribution in [0, 0.1) is 0 Å². The summed E-state index contributed by atoms with van der Waals surface area (Å²) in [6, 6.07) is 15.6. The van der Waals surface area contributed by atoms with Crippen molar-refractivity contribution in [3.05, 3.63) is 65.2 Å². The maximum atomic E-state index is 12.2. The van der Waals surface area contributed by atoms with Crippen molar-refractivity contribution in [3.63, 3.8) is 0 Å². The van der Waals surface area contributed by atoms with Crippen LogP contribution < -0.4 is 4.74 Å². The van der Waals surface area contributed by atoms with E-state index in [-0.39, 0.29) is 12.6 Å². The van der Waals surface area contributed by atoms with Gasteiger partial charge in [-0.05, 0) is 30.2 Å². The quantitative estimate of drug-likeness (QED) is 0.797. The molecule has 1 aliphatic heterocycles. The number of carbonyl (C=O) groups excluding carboxylic acids is 1. The normalized spacial score (nSPS) is 13.4. The zero-order chi connectivity index (χ0) is 13.8. The summed E-state index contributed by atoms with van der Waals surface area (Å²) in [5.41, 5.74) is 2.86. The summed E-state index contributed by atoms with van der Waals surface area (Å²) in [6.45, 7) is 0.795. The van der Waals surface area contributed by atoms with E-state index in [0.29, 0.717) is 13.0 Å². The van der Waals surface area contributed by atoms with Crippen molar-refractivity contribution < 1.29 is 14.3 Å². The van der Waals surface area contributed by atoms with E-state index in [1.165, 1.54) is 5.56 Å². The second-order valence-corrected chi connectivity index (χ2v) is 4.84. The van der Waals surface area contributed by atoms with Gasteiger partial charge in [0.05, 0.1) is 6.61 Å². The van der Waals surface area contributed by atoms with Crippen LogP contribution in [0.1, 0.15) is 27.9 Å². The van der Waals surface area contributed by atoms with E-state index in [1.807, 2.05) is 48.5 Å². The summed E-state index contributed by atoms with van der Waals surface area (Å²) in [5, 5.41) is 0. The Bertz CT molecular complexity index is 605. The predicted octanol–water partition coefficient (Wildman–Crippen LogP) is 3.37. The minimum Gasteiger partial charge on any atom is -0.467 e. The maximum absolute atomic E-state index is 12.2. The predicted molar refractivity (Wildman–Crippen MR) is 75.8 cm³/mol. The molecule has 1 heterocycles. The molecule has 0 spiro atoms. The first kappa shape index (κ1) is 12.9. The molecule has 3 rings (SSSR count). The molecule has 3 nitrogen and oxygen atoms in total. The van der Waals surface area contributed by atoms with E-state index in [1.54, 1.807) is 0 Å². The Labute approximate surface area is 118 Å². The smallest absolute Gasteiger partial charge is 0.189 e. The zero-order valence-electron chi connectivity index (χ0n) is 11.2. The summed E-state index contributed by atoms with van der Waals surface area (Å²) in [5.74, 6) is 0.970. The molecule has 1 aliphatic rings. The standard InChI is InChI=1S/C17H16O3/c18-16(8-6-13-4-2-1-3-5-13)14-7-9-17-15(10-14)11-19-12-20-17/h1-5,7,9-10H,6,8,11-12H2. The lowest BCUT2D eigenvalue weighted by molar-refractivity contribution is -0.0163. The Hall–Kier alpha value is -2.13. The Balaban J connectivity index is 1.68. The molecule has 0 aromatic heterocycles.